The van der Waals surface area contributed by atoms with Crippen LogP contribution in [0.3, 0.4) is 0 Å². The molecular formula is C28H31Cl2N3O4S. The second-order valence-electron chi connectivity index (χ2n) is 8.75. The highest BCUT2D eigenvalue weighted by molar-refractivity contribution is 7.92. The zero-order chi connectivity index (χ0) is 27.9. The van der Waals surface area contributed by atoms with Gasteiger partial charge >= 0.3 is 0 Å². The lowest BCUT2D eigenvalue weighted by Crippen LogP contribution is -2.52. The lowest BCUT2D eigenvalue weighted by molar-refractivity contribution is -0.140. The number of carbonyl (C=O) groups excluding carboxylic acids is 2. The van der Waals surface area contributed by atoms with Gasteiger partial charge in [-0.15, -0.1) is 0 Å². The maximum Gasteiger partial charge on any atom is 0.264 e. The summed E-state index contributed by atoms with van der Waals surface area (Å²) in [5.41, 5.74) is 1.93. The number of anilines is 1. The van der Waals surface area contributed by atoms with Crippen LogP contribution in [0.25, 0.3) is 0 Å². The summed E-state index contributed by atoms with van der Waals surface area (Å²) in [5, 5.41) is 3.18. The monoisotopic (exact) mass is 575 g/mol. The van der Waals surface area contributed by atoms with Crippen molar-refractivity contribution in [3.05, 3.63) is 94.0 Å². The van der Waals surface area contributed by atoms with Crippen LogP contribution in [-0.4, -0.2) is 44.3 Å². The zero-order valence-corrected chi connectivity index (χ0v) is 23.9. The molecular weight excluding hydrogens is 545 g/mol. The molecule has 38 heavy (non-hydrogen) atoms. The molecule has 1 atom stereocenters. The molecule has 0 aliphatic heterocycles. The molecule has 0 saturated carbocycles. The van der Waals surface area contributed by atoms with Crippen LogP contribution in [0.15, 0.2) is 77.7 Å². The predicted octanol–water partition coefficient (Wildman–Crippen LogP) is 5.44. The van der Waals surface area contributed by atoms with Gasteiger partial charge in [-0.2, -0.15) is 0 Å². The van der Waals surface area contributed by atoms with Crippen LogP contribution in [0.1, 0.15) is 31.4 Å². The average molecular weight is 577 g/mol. The molecule has 0 heterocycles. The quantitative estimate of drug-likeness (QED) is 0.330. The van der Waals surface area contributed by atoms with Gasteiger partial charge in [0, 0.05) is 18.1 Å². The van der Waals surface area contributed by atoms with E-state index in [-0.39, 0.29) is 28.1 Å². The van der Waals surface area contributed by atoms with Crippen LogP contribution >= 0.6 is 23.2 Å². The number of halogens is 2. The SMILES string of the molecule is CCNC(=O)C(CC)N(Cc1cccc(C)c1)C(=O)CN(c1ccc(Cl)cc1Cl)S(=O)(=O)c1ccccc1. The third kappa shape index (κ3) is 7.07. The van der Waals surface area contributed by atoms with Gasteiger partial charge < -0.3 is 10.2 Å². The molecule has 3 aromatic rings. The molecule has 7 nitrogen and oxygen atoms in total. The van der Waals surface area contributed by atoms with Crippen molar-refractivity contribution >= 4 is 50.7 Å². The van der Waals surface area contributed by atoms with Gasteiger partial charge in [0.15, 0.2) is 0 Å². The van der Waals surface area contributed by atoms with Gasteiger partial charge in [-0.1, -0.05) is 78.2 Å². The maximum absolute atomic E-state index is 14.0. The Kier molecular flexibility index (Phi) is 10.2. The molecule has 0 aromatic heterocycles. The number of carbonyl (C=O) groups is 2. The van der Waals surface area contributed by atoms with Gasteiger partial charge in [0.1, 0.15) is 12.6 Å². The van der Waals surface area contributed by atoms with Crippen LogP contribution in [0.5, 0.6) is 0 Å². The molecule has 0 bridgehead atoms. The third-order valence-electron chi connectivity index (χ3n) is 5.96. The van der Waals surface area contributed by atoms with Gasteiger partial charge in [0.25, 0.3) is 10.0 Å². The number of nitrogens with zero attached hydrogens (tertiary/aromatic N) is 2. The number of amides is 2. The Morgan fingerprint density at radius 3 is 2.26 bits per heavy atom. The topological polar surface area (TPSA) is 86.8 Å². The van der Waals surface area contributed by atoms with E-state index in [0.717, 1.165) is 15.4 Å². The van der Waals surface area contributed by atoms with Crippen molar-refractivity contribution < 1.29 is 18.0 Å². The van der Waals surface area contributed by atoms with Gasteiger partial charge in [0.05, 0.1) is 15.6 Å². The fourth-order valence-corrected chi connectivity index (χ4v) is 6.15. The number of likely N-dealkylation sites (N-methyl/N-ethyl adjacent to an activating group) is 1. The molecule has 10 heteroatoms. The first-order valence-corrected chi connectivity index (χ1v) is 14.4. The first kappa shape index (κ1) is 29.5. The number of benzene rings is 3. The van der Waals surface area contributed by atoms with E-state index in [0.29, 0.717) is 18.0 Å². The number of hydrogen-bond acceptors (Lipinski definition) is 4. The zero-order valence-electron chi connectivity index (χ0n) is 21.5. The van der Waals surface area contributed by atoms with E-state index in [9.17, 15) is 18.0 Å². The van der Waals surface area contributed by atoms with Gasteiger partial charge in [-0.3, -0.25) is 13.9 Å². The van der Waals surface area contributed by atoms with Crippen LogP contribution < -0.4 is 9.62 Å². The van der Waals surface area contributed by atoms with E-state index in [1.165, 1.54) is 35.2 Å². The summed E-state index contributed by atoms with van der Waals surface area (Å²) < 4.78 is 28.6. The van der Waals surface area contributed by atoms with Gasteiger partial charge in [-0.05, 0) is 56.2 Å². The van der Waals surface area contributed by atoms with Crippen molar-refractivity contribution in [2.75, 3.05) is 17.4 Å². The number of nitrogens with one attached hydrogen (secondary N) is 1. The summed E-state index contributed by atoms with van der Waals surface area (Å²) in [6.07, 6.45) is 0.344. The Hall–Kier alpha value is -3.07. The largest absolute Gasteiger partial charge is 0.355 e. The first-order valence-electron chi connectivity index (χ1n) is 12.2. The molecule has 202 valence electrons. The highest BCUT2D eigenvalue weighted by Gasteiger charge is 2.34. The minimum atomic E-state index is -4.20. The molecule has 0 aliphatic rings. The van der Waals surface area contributed by atoms with E-state index in [1.807, 2.05) is 38.1 Å². The highest BCUT2D eigenvalue weighted by Crippen LogP contribution is 2.33. The van der Waals surface area contributed by atoms with Crippen molar-refractivity contribution in [2.45, 2.75) is 44.7 Å². The lowest BCUT2D eigenvalue weighted by Gasteiger charge is -2.33. The fourth-order valence-electron chi connectivity index (χ4n) is 4.14. The van der Waals surface area contributed by atoms with Gasteiger partial charge in [0.2, 0.25) is 11.8 Å². The summed E-state index contributed by atoms with van der Waals surface area (Å²) in [6, 6.07) is 19.0. The van der Waals surface area contributed by atoms with Crippen molar-refractivity contribution in [3.63, 3.8) is 0 Å². The Morgan fingerprint density at radius 1 is 0.947 bits per heavy atom. The predicted molar refractivity (Wildman–Crippen MR) is 152 cm³/mol. The van der Waals surface area contributed by atoms with Crippen molar-refractivity contribution in [1.82, 2.24) is 10.2 Å². The lowest BCUT2D eigenvalue weighted by atomic mass is 10.1. The van der Waals surface area contributed by atoms with E-state index in [4.69, 9.17) is 23.2 Å². The molecule has 0 saturated heterocycles. The van der Waals surface area contributed by atoms with Crippen LogP contribution in [0.4, 0.5) is 5.69 Å². The van der Waals surface area contributed by atoms with Crippen molar-refractivity contribution in [3.8, 4) is 0 Å². The number of aryl methyl sites for hydroxylation is 1. The Morgan fingerprint density at radius 2 is 1.66 bits per heavy atom. The Balaban J connectivity index is 2.08. The Bertz CT molecular complexity index is 1380. The summed E-state index contributed by atoms with van der Waals surface area (Å²) in [4.78, 5) is 28.4. The highest BCUT2D eigenvalue weighted by atomic mass is 35.5. The maximum atomic E-state index is 14.0. The third-order valence-corrected chi connectivity index (χ3v) is 8.27. The van der Waals surface area contributed by atoms with Crippen molar-refractivity contribution in [2.24, 2.45) is 0 Å². The fraction of sp³-hybridized carbons (Fsp3) is 0.286. The Labute approximate surface area is 234 Å². The van der Waals surface area contributed by atoms with E-state index >= 15 is 0 Å². The molecule has 3 rings (SSSR count). The molecule has 3 aromatic carbocycles. The van der Waals surface area contributed by atoms with Crippen LogP contribution in [-0.2, 0) is 26.2 Å². The molecule has 0 aliphatic carbocycles. The average Bonchev–Trinajstić information content (AvgIpc) is 2.88. The van der Waals surface area contributed by atoms with E-state index in [1.54, 1.807) is 25.1 Å². The smallest absolute Gasteiger partial charge is 0.264 e. The second kappa shape index (κ2) is 13.1. The minimum absolute atomic E-state index is 0.000168. The van der Waals surface area contributed by atoms with Gasteiger partial charge in [-0.25, -0.2) is 8.42 Å². The molecule has 1 N–H and O–H groups in total. The minimum Gasteiger partial charge on any atom is -0.355 e. The second-order valence-corrected chi connectivity index (χ2v) is 11.5. The number of sulfonamides is 1. The van der Waals surface area contributed by atoms with Crippen LogP contribution in [0.2, 0.25) is 10.0 Å². The molecule has 0 fully saturated rings. The summed E-state index contributed by atoms with van der Waals surface area (Å²) >= 11 is 12.5. The summed E-state index contributed by atoms with van der Waals surface area (Å²) in [7, 11) is -4.20. The first-order chi connectivity index (χ1) is 18.1. The van der Waals surface area contributed by atoms with Crippen molar-refractivity contribution in [1.29, 1.82) is 0 Å². The number of hydrogen-bond donors (Lipinski definition) is 1. The summed E-state index contributed by atoms with van der Waals surface area (Å²) in [5.74, 6) is -0.854. The van der Waals surface area contributed by atoms with Crippen LogP contribution in [0, 0.1) is 6.92 Å². The van der Waals surface area contributed by atoms with E-state index in [2.05, 4.69) is 5.32 Å². The normalized spacial score (nSPS) is 12.0. The molecule has 0 spiro atoms. The standard InChI is InChI=1S/C28H31Cl2N3O4S/c1-4-25(28(35)31-5-2)32(18-21-11-9-10-20(3)16-21)27(34)19-33(26-15-14-22(29)17-24(26)30)38(36,37)23-12-7-6-8-13-23/h6-17,25H,4-5,18-19H2,1-3H3,(H,31,35). The summed E-state index contributed by atoms with van der Waals surface area (Å²) in [6.45, 7) is 5.51. The van der Waals surface area contributed by atoms with E-state index < -0.39 is 28.5 Å². The molecule has 0 radical (unpaired) electrons. The molecule has 1 unspecified atom stereocenters. The number of rotatable bonds is 11. The molecule has 2 amide bonds.